The van der Waals surface area contributed by atoms with Gasteiger partial charge in [-0.2, -0.15) is 0 Å². The normalized spacial score (nSPS) is 19.9. The summed E-state index contributed by atoms with van der Waals surface area (Å²) in [6.07, 6.45) is -1.79. The van der Waals surface area contributed by atoms with Gasteiger partial charge in [0.05, 0.1) is 32.5 Å². The topological polar surface area (TPSA) is 145 Å². The Labute approximate surface area is 242 Å². The smallest absolute Gasteiger partial charge is 0.475 e. The van der Waals surface area contributed by atoms with Crippen LogP contribution in [0, 0.1) is 0 Å². The summed E-state index contributed by atoms with van der Waals surface area (Å²) in [6, 6.07) is 6.21. The van der Waals surface area contributed by atoms with Gasteiger partial charge in [-0.1, -0.05) is 18.2 Å². The van der Waals surface area contributed by atoms with E-state index < -0.39 is 61.7 Å². The largest absolute Gasteiger partial charge is 0.496 e. The van der Waals surface area contributed by atoms with Gasteiger partial charge in [-0.3, -0.25) is 23.2 Å². The number of ketones is 1. The van der Waals surface area contributed by atoms with Gasteiger partial charge in [0.1, 0.15) is 29.6 Å². The number of rotatable bonds is 13. The molecular weight excluding hydrogens is 557 g/mol. The highest BCUT2D eigenvalue weighted by atomic mass is 31.2. The minimum absolute atomic E-state index is 0.0302. The van der Waals surface area contributed by atoms with Crippen LogP contribution in [0.3, 0.4) is 0 Å². The molecule has 4 atom stereocenters. The minimum Gasteiger partial charge on any atom is -0.496 e. The molecule has 232 valence electrons. The van der Waals surface area contributed by atoms with Crippen molar-refractivity contribution in [2.75, 3.05) is 26.9 Å². The van der Waals surface area contributed by atoms with Crippen LogP contribution in [0.4, 0.5) is 4.79 Å². The first-order chi connectivity index (χ1) is 19.0. The molecule has 41 heavy (non-hydrogen) atoms. The maximum absolute atomic E-state index is 13.8. The van der Waals surface area contributed by atoms with Crippen LogP contribution in [0.1, 0.15) is 66.9 Å². The molecule has 1 amide bonds. The second-order valence-electron chi connectivity index (χ2n) is 11.6. The first kappa shape index (κ1) is 34.7. The summed E-state index contributed by atoms with van der Waals surface area (Å²) in [5.41, 5.74) is -0.903. The third-order valence-electron chi connectivity index (χ3n) is 5.55. The average molecular weight is 602 g/mol. The van der Waals surface area contributed by atoms with E-state index in [2.05, 4.69) is 5.32 Å². The molecule has 2 rings (SSSR count). The minimum atomic E-state index is -4.37. The molecule has 13 heteroatoms. The standard InChI is InChI=1S/C28H44NO11P/c1-19(30)21(29-26(32)38-27(2,3)4)17-36-41(33,40-28(5,6)7)39-24-18-35-16-15-23(24)37-25(31)14-13-20-11-9-10-12-22(20)34-8/h9-12,21,23-24H,13-18H2,1-8H3,(H,29,32)/t21-,23+,24+,41?/m0/s1. The second-order valence-corrected chi connectivity index (χ2v) is 13.1. The van der Waals surface area contributed by atoms with Crippen molar-refractivity contribution in [1.29, 1.82) is 0 Å². The summed E-state index contributed by atoms with van der Waals surface area (Å²) in [7, 11) is -2.81. The quantitative estimate of drug-likeness (QED) is 0.247. The Kier molecular flexibility index (Phi) is 12.8. The van der Waals surface area contributed by atoms with E-state index in [1.807, 2.05) is 24.3 Å². The van der Waals surface area contributed by atoms with E-state index in [4.69, 9.17) is 32.5 Å². The van der Waals surface area contributed by atoms with E-state index in [9.17, 15) is 18.9 Å². The summed E-state index contributed by atoms with van der Waals surface area (Å²) in [5.74, 6) is -0.252. The highest BCUT2D eigenvalue weighted by molar-refractivity contribution is 7.48. The number of alkyl carbamates (subject to hydrolysis) is 1. The van der Waals surface area contributed by atoms with E-state index in [-0.39, 0.29) is 13.0 Å². The van der Waals surface area contributed by atoms with Crippen molar-refractivity contribution < 1.29 is 51.5 Å². The first-order valence-electron chi connectivity index (χ1n) is 13.5. The molecule has 1 unspecified atom stereocenters. The molecule has 0 bridgehead atoms. The van der Waals surface area contributed by atoms with Crippen molar-refractivity contribution in [2.24, 2.45) is 0 Å². The van der Waals surface area contributed by atoms with Gasteiger partial charge < -0.3 is 24.3 Å². The number of hydrogen-bond donors (Lipinski definition) is 1. The van der Waals surface area contributed by atoms with E-state index in [1.165, 1.54) is 6.92 Å². The number of benzene rings is 1. The number of ether oxygens (including phenoxy) is 4. The predicted octanol–water partition coefficient (Wildman–Crippen LogP) is 4.77. The second kappa shape index (κ2) is 15.1. The molecule has 0 spiro atoms. The summed E-state index contributed by atoms with van der Waals surface area (Å²) in [4.78, 5) is 37.2. The van der Waals surface area contributed by atoms with Gasteiger partial charge in [-0.15, -0.1) is 0 Å². The Morgan fingerprint density at radius 2 is 1.76 bits per heavy atom. The molecule has 1 aromatic rings. The number of para-hydroxylation sites is 1. The van der Waals surface area contributed by atoms with Crippen LogP contribution in [-0.2, 0) is 48.4 Å². The summed E-state index contributed by atoms with van der Waals surface area (Å²) in [6.45, 7) is 11.0. The molecule has 1 heterocycles. The molecule has 0 radical (unpaired) electrons. The molecule has 0 aromatic heterocycles. The van der Waals surface area contributed by atoms with Gasteiger partial charge in [0, 0.05) is 12.8 Å². The number of phosphoric ester groups is 1. The molecule has 1 saturated heterocycles. The van der Waals surface area contributed by atoms with Crippen molar-refractivity contribution in [3.8, 4) is 5.75 Å². The lowest BCUT2D eigenvalue weighted by molar-refractivity contribution is -0.165. The van der Waals surface area contributed by atoms with E-state index in [0.717, 1.165) is 5.56 Å². The molecule has 1 fully saturated rings. The van der Waals surface area contributed by atoms with Crippen LogP contribution in [0.5, 0.6) is 5.75 Å². The van der Waals surface area contributed by atoms with E-state index in [0.29, 0.717) is 25.2 Å². The average Bonchev–Trinajstić information content (AvgIpc) is 2.84. The number of carbonyl (C=O) groups excluding carboxylic acids is 3. The Morgan fingerprint density at radius 1 is 1.07 bits per heavy atom. The fourth-order valence-electron chi connectivity index (χ4n) is 3.76. The molecular formula is C28H44NO11P. The number of nitrogens with one attached hydrogen (secondary N) is 1. The Balaban J connectivity index is 2.10. The van der Waals surface area contributed by atoms with Crippen LogP contribution in [0.2, 0.25) is 0 Å². The van der Waals surface area contributed by atoms with Gasteiger partial charge in [0.25, 0.3) is 0 Å². The zero-order chi connectivity index (χ0) is 30.8. The first-order valence-corrected chi connectivity index (χ1v) is 15.0. The van der Waals surface area contributed by atoms with Crippen molar-refractivity contribution in [3.05, 3.63) is 29.8 Å². The maximum Gasteiger partial charge on any atom is 0.475 e. The number of phosphoric acid groups is 1. The van der Waals surface area contributed by atoms with Crippen LogP contribution < -0.4 is 10.1 Å². The van der Waals surface area contributed by atoms with E-state index >= 15 is 0 Å². The summed E-state index contributed by atoms with van der Waals surface area (Å²) < 4.78 is 52.6. The van der Waals surface area contributed by atoms with Gasteiger partial charge in [-0.05, 0) is 66.5 Å². The Bertz CT molecular complexity index is 1080. The zero-order valence-electron chi connectivity index (χ0n) is 25.2. The lowest BCUT2D eigenvalue weighted by atomic mass is 10.1. The van der Waals surface area contributed by atoms with Gasteiger partial charge in [0.2, 0.25) is 0 Å². The summed E-state index contributed by atoms with van der Waals surface area (Å²) >= 11 is 0. The highest BCUT2D eigenvalue weighted by Gasteiger charge is 2.42. The third-order valence-corrected chi connectivity index (χ3v) is 7.31. The molecule has 12 nitrogen and oxygen atoms in total. The van der Waals surface area contributed by atoms with Crippen molar-refractivity contribution in [2.45, 2.75) is 97.2 Å². The van der Waals surface area contributed by atoms with Crippen molar-refractivity contribution in [1.82, 2.24) is 5.32 Å². The Hall–Kier alpha value is -2.50. The number of aryl methyl sites for hydroxylation is 1. The molecule has 1 aliphatic heterocycles. The molecule has 0 saturated carbocycles. The number of methoxy groups -OCH3 is 1. The lowest BCUT2D eigenvalue weighted by Crippen LogP contribution is -2.45. The molecule has 1 N–H and O–H groups in total. The van der Waals surface area contributed by atoms with Crippen LogP contribution >= 0.6 is 7.82 Å². The van der Waals surface area contributed by atoms with Crippen LogP contribution in [0.25, 0.3) is 0 Å². The van der Waals surface area contributed by atoms with Gasteiger partial charge >= 0.3 is 19.9 Å². The SMILES string of the molecule is COc1ccccc1CCC(=O)O[C@@H]1CCOC[C@H]1OP(=O)(OC[C@H](NC(=O)OC(C)(C)C)C(C)=O)OC(C)(C)C. The van der Waals surface area contributed by atoms with Gasteiger partial charge in [0.15, 0.2) is 5.78 Å². The van der Waals surface area contributed by atoms with E-state index in [1.54, 1.807) is 48.7 Å². The third kappa shape index (κ3) is 12.9. The number of amides is 1. The van der Waals surface area contributed by atoms with Crippen LogP contribution in [-0.4, -0.2) is 74.2 Å². The number of carbonyl (C=O) groups is 3. The predicted molar refractivity (Wildman–Crippen MR) is 150 cm³/mol. The monoisotopic (exact) mass is 601 g/mol. The van der Waals surface area contributed by atoms with Crippen molar-refractivity contribution >= 4 is 25.7 Å². The highest BCUT2D eigenvalue weighted by Crippen LogP contribution is 2.54. The number of hydrogen-bond acceptors (Lipinski definition) is 11. The molecule has 1 aromatic carbocycles. The molecule has 1 aliphatic rings. The number of esters is 1. The number of Topliss-reactive ketones (excluding diaryl/α,β-unsaturated/α-hetero) is 1. The van der Waals surface area contributed by atoms with Crippen LogP contribution in [0.15, 0.2) is 24.3 Å². The Morgan fingerprint density at radius 3 is 2.37 bits per heavy atom. The van der Waals surface area contributed by atoms with Gasteiger partial charge in [-0.25, -0.2) is 9.36 Å². The maximum atomic E-state index is 13.8. The zero-order valence-corrected chi connectivity index (χ0v) is 26.1. The lowest BCUT2D eigenvalue weighted by Gasteiger charge is -2.35. The fourth-order valence-corrected chi connectivity index (χ4v) is 5.44. The molecule has 0 aliphatic carbocycles. The fraction of sp³-hybridized carbons (Fsp3) is 0.679. The van der Waals surface area contributed by atoms with Crippen molar-refractivity contribution in [3.63, 3.8) is 0 Å². The summed E-state index contributed by atoms with van der Waals surface area (Å²) in [5, 5.41) is 2.41.